The Labute approximate surface area is 126 Å². The average molecular weight is 303 g/mol. The summed E-state index contributed by atoms with van der Waals surface area (Å²) < 4.78 is 6.39. The van der Waals surface area contributed by atoms with Crippen molar-refractivity contribution < 1.29 is 4.79 Å². The van der Waals surface area contributed by atoms with E-state index in [1.54, 1.807) is 5.38 Å². The summed E-state index contributed by atoms with van der Waals surface area (Å²) in [5.74, 6) is 2.51. The number of nitrogens with one attached hydrogen (secondary N) is 1. The Kier molecular flexibility index (Phi) is 3.02. The minimum Gasteiger partial charge on any atom is -0.345 e. The van der Waals surface area contributed by atoms with Crippen LogP contribution in [0.25, 0.3) is 0 Å². The molecule has 110 valence electrons. The molecular formula is C14H17N5OS. The van der Waals surface area contributed by atoms with Gasteiger partial charge in [0.05, 0.1) is 17.8 Å². The summed E-state index contributed by atoms with van der Waals surface area (Å²) in [6, 6.07) is 0.548. The molecule has 2 saturated carbocycles. The molecule has 0 atom stereocenters. The number of hydrogen-bond donors (Lipinski definition) is 1. The predicted molar refractivity (Wildman–Crippen MR) is 78.3 cm³/mol. The molecule has 7 heteroatoms. The Hall–Kier alpha value is -1.76. The first-order valence-corrected chi connectivity index (χ1v) is 8.20. The molecule has 6 nitrogen and oxygen atoms in total. The van der Waals surface area contributed by atoms with Crippen LogP contribution < -0.4 is 5.32 Å². The van der Waals surface area contributed by atoms with Crippen molar-refractivity contribution in [2.75, 3.05) is 0 Å². The Balaban J connectivity index is 1.50. The molecule has 4 rings (SSSR count). The second kappa shape index (κ2) is 4.91. The van der Waals surface area contributed by atoms with E-state index in [1.165, 1.54) is 37.2 Å². The summed E-state index contributed by atoms with van der Waals surface area (Å²) in [5, 5.41) is 13.4. The van der Waals surface area contributed by atoms with E-state index in [0.717, 1.165) is 17.3 Å². The molecule has 1 amide bonds. The van der Waals surface area contributed by atoms with Crippen LogP contribution in [0.1, 0.15) is 65.3 Å². The van der Waals surface area contributed by atoms with Crippen molar-refractivity contribution in [1.82, 2.24) is 24.5 Å². The van der Waals surface area contributed by atoms with Crippen molar-refractivity contribution >= 4 is 17.4 Å². The van der Waals surface area contributed by atoms with E-state index >= 15 is 0 Å². The number of hydrogen-bond acceptors (Lipinski definition) is 5. The van der Waals surface area contributed by atoms with Crippen molar-refractivity contribution in [2.24, 2.45) is 0 Å². The van der Waals surface area contributed by atoms with Crippen LogP contribution in [0.4, 0.5) is 0 Å². The fourth-order valence-corrected chi connectivity index (χ4v) is 3.27. The maximum atomic E-state index is 12.1. The predicted octanol–water partition coefficient (Wildman–Crippen LogP) is 2.19. The summed E-state index contributed by atoms with van der Waals surface area (Å²) in [6.07, 6.45) is 4.84. The molecule has 0 saturated heterocycles. The highest BCUT2D eigenvalue weighted by molar-refractivity contribution is 7.03. The number of aromatic nitrogens is 4. The molecule has 0 unspecified atom stereocenters. The summed E-state index contributed by atoms with van der Waals surface area (Å²) in [5.41, 5.74) is 1.43. The standard InChI is InChI=1S/C14H17N5OS/c1-8-11(7-21-18-8)14(20)15-6-12-16-17-13(9-2-3-9)19(12)10-4-5-10/h7,9-10H,2-6H2,1H3,(H,15,20). The van der Waals surface area contributed by atoms with E-state index in [1.807, 2.05) is 6.92 Å². The highest BCUT2D eigenvalue weighted by Crippen LogP contribution is 2.44. The molecule has 2 aliphatic carbocycles. The van der Waals surface area contributed by atoms with Gasteiger partial charge in [-0.1, -0.05) is 0 Å². The first kappa shape index (κ1) is 12.9. The monoisotopic (exact) mass is 303 g/mol. The minimum atomic E-state index is -0.0837. The van der Waals surface area contributed by atoms with Gasteiger partial charge >= 0.3 is 0 Å². The lowest BCUT2D eigenvalue weighted by atomic mass is 10.2. The largest absolute Gasteiger partial charge is 0.345 e. The zero-order chi connectivity index (χ0) is 14.4. The number of aryl methyl sites for hydroxylation is 1. The number of rotatable bonds is 5. The van der Waals surface area contributed by atoms with Crippen LogP contribution in [-0.4, -0.2) is 25.0 Å². The van der Waals surface area contributed by atoms with Crippen molar-refractivity contribution in [2.45, 2.75) is 51.1 Å². The second-order valence-corrected chi connectivity index (χ2v) is 6.48. The van der Waals surface area contributed by atoms with E-state index in [9.17, 15) is 4.79 Å². The second-order valence-electron chi connectivity index (χ2n) is 5.85. The highest BCUT2D eigenvalue weighted by Gasteiger charge is 2.36. The zero-order valence-electron chi connectivity index (χ0n) is 11.9. The molecule has 0 bridgehead atoms. The number of amides is 1. The maximum absolute atomic E-state index is 12.1. The van der Waals surface area contributed by atoms with Crippen LogP contribution in [0.15, 0.2) is 5.38 Å². The fraction of sp³-hybridized carbons (Fsp3) is 0.571. The lowest BCUT2D eigenvalue weighted by Gasteiger charge is -2.09. The maximum Gasteiger partial charge on any atom is 0.254 e. The van der Waals surface area contributed by atoms with Gasteiger partial charge in [0.15, 0.2) is 5.82 Å². The lowest BCUT2D eigenvalue weighted by molar-refractivity contribution is 0.0949. The Morgan fingerprint density at radius 1 is 1.38 bits per heavy atom. The topological polar surface area (TPSA) is 72.7 Å². The zero-order valence-corrected chi connectivity index (χ0v) is 12.7. The Morgan fingerprint density at radius 3 is 2.81 bits per heavy atom. The third kappa shape index (κ3) is 2.46. The van der Waals surface area contributed by atoms with Crippen molar-refractivity contribution in [3.63, 3.8) is 0 Å². The molecule has 0 aliphatic heterocycles. The third-order valence-electron chi connectivity index (χ3n) is 4.05. The van der Waals surface area contributed by atoms with Crippen LogP contribution in [0.2, 0.25) is 0 Å². The SMILES string of the molecule is Cc1nscc1C(=O)NCc1nnc(C2CC2)n1C1CC1. The van der Waals surface area contributed by atoms with Gasteiger partial charge in [-0.05, 0) is 44.1 Å². The molecule has 0 radical (unpaired) electrons. The third-order valence-corrected chi connectivity index (χ3v) is 4.77. The molecule has 2 aliphatic rings. The highest BCUT2D eigenvalue weighted by atomic mass is 32.1. The van der Waals surface area contributed by atoms with E-state index in [0.29, 0.717) is 24.1 Å². The van der Waals surface area contributed by atoms with Crippen LogP contribution in [-0.2, 0) is 6.54 Å². The van der Waals surface area contributed by atoms with Gasteiger partial charge in [-0.15, -0.1) is 10.2 Å². The van der Waals surface area contributed by atoms with Gasteiger partial charge in [-0.25, -0.2) is 0 Å². The number of carbonyl (C=O) groups is 1. The van der Waals surface area contributed by atoms with Gasteiger partial charge in [-0.2, -0.15) is 4.37 Å². The summed E-state index contributed by atoms with van der Waals surface area (Å²) in [7, 11) is 0. The van der Waals surface area contributed by atoms with E-state index in [4.69, 9.17) is 0 Å². The van der Waals surface area contributed by atoms with Crippen LogP contribution in [0.3, 0.4) is 0 Å². The number of nitrogens with zero attached hydrogens (tertiary/aromatic N) is 4. The molecule has 1 N–H and O–H groups in total. The molecule has 2 fully saturated rings. The van der Waals surface area contributed by atoms with Gasteiger partial charge in [-0.3, -0.25) is 4.79 Å². The number of carbonyl (C=O) groups excluding carboxylic acids is 1. The van der Waals surface area contributed by atoms with E-state index < -0.39 is 0 Å². The molecule has 2 aromatic heterocycles. The molecular weight excluding hydrogens is 286 g/mol. The minimum absolute atomic E-state index is 0.0837. The fourth-order valence-electron chi connectivity index (χ4n) is 2.57. The Bertz CT molecular complexity index is 683. The van der Waals surface area contributed by atoms with Crippen LogP contribution in [0, 0.1) is 6.92 Å². The van der Waals surface area contributed by atoms with E-state index in [-0.39, 0.29) is 5.91 Å². The van der Waals surface area contributed by atoms with Gasteiger partial charge in [0.1, 0.15) is 5.82 Å². The molecule has 21 heavy (non-hydrogen) atoms. The van der Waals surface area contributed by atoms with Gasteiger partial charge in [0.2, 0.25) is 0 Å². The van der Waals surface area contributed by atoms with Gasteiger partial charge in [0.25, 0.3) is 5.91 Å². The van der Waals surface area contributed by atoms with Crippen molar-refractivity contribution in [1.29, 1.82) is 0 Å². The lowest BCUT2D eigenvalue weighted by Crippen LogP contribution is -2.25. The molecule has 0 aromatic carbocycles. The van der Waals surface area contributed by atoms with Crippen molar-refractivity contribution in [3.8, 4) is 0 Å². The molecule has 2 heterocycles. The summed E-state index contributed by atoms with van der Waals surface area (Å²) in [4.78, 5) is 12.1. The van der Waals surface area contributed by atoms with Gasteiger partial charge in [0, 0.05) is 17.3 Å². The quantitative estimate of drug-likeness (QED) is 0.919. The van der Waals surface area contributed by atoms with Crippen LogP contribution >= 0.6 is 11.5 Å². The normalized spacial score (nSPS) is 18.0. The molecule has 0 spiro atoms. The first-order valence-electron chi connectivity index (χ1n) is 7.37. The van der Waals surface area contributed by atoms with Crippen molar-refractivity contribution in [3.05, 3.63) is 28.3 Å². The van der Waals surface area contributed by atoms with E-state index in [2.05, 4.69) is 24.5 Å². The molecule has 2 aromatic rings. The smallest absolute Gasteiger partial charge is 0.254 e. The summed E-state index contributed by atoms with van der Waals surface area (Å²) >= 11 is 1.31. The van der Waals surface area contributed by atoms with Crippen LogP contribution in [0.5, 0.6) is 0 Å². The first-order chi connectivity index (χ1) is 10.2. The Morgan fingerprint density at radius 2 is 2.19 bits per heavy atom. The van der Waals surface area contributed by atoms with Gasteiger partial charge < -0.3 is 9.88 Å². The summed E-state index contributed by atoms with van der Waals surface area (Å²) in [6.45, 7) is 2.29. The average Bonchev–Trinajstić information content (AvgIpc) is 3.40.